The van der Waals surface area contributed by atoms with E-state index in [0.717, 1.165) is 31.9 Å². The van der Waals surface area contributed by atoms with Gasteiger partial charge in [0.1, 0.15) is 0 Å². The Hall–Kier alpha value is -2.24. The first kappa shape index (κ1) is 15.2. The van der Waals surface area contributed by atoms with Gasteiger partial charge in [0.2, 0.25) is 5.91 Å². The molecule has 2 amide bonds. The molecule has 0 spiro atoms. The number of nitrogens with zero attached hydrogens (tertiary/aromatic N) is 2. The van der Waals surface area contributed by atoms with Crippen molar-refractivity contribution in [3.8, 4) is 0 Å². The molecule has 1 aliphatic heterocycles. The maximum atomic E-state index is 11.4. The van der Waals surface area contributed by atoms with E-state index in [0.29, 0.717) is 12.3 Å². The Balaban J connectivity index is 1.98. The first-order chi connectivity index (χ1) is 10.1. The van der Waals surface area contributed by atoms with Crippen LogP contribution >= 0.6 is 0 Å². The molecule has 6 nitrogen and oxygen atoms in total. The van der Waals surface area contributed by atoms with Crippen LogP contribution in [0.2, 0.25) is 0 Å². The third-order valence-corrected chi connectivity index (χ3v) is 3.46. The van der Waals surface area contributed by atoms with E-state index < -0.39 is 6.09 Å². The number of amides is 2. The van der Waals surface area contributed by atoms with Crippen molar-refractivity contribution in [2.24, 2.45) is 0 Å². The molecular formula is C15H21N3O3. The monoisotopic (exact) mass is 291 g/mol. The van der Waals surface area contributed by atoms with Crippen LogP contribution in [0, 0.1) is 0 Å². The lowest BCUT2D eigenvalue weighted by molar-refractivity contribution is -0.129. The number of hydrogen-bond donors (Lipinski definition) is 1. The molecule has 0 bridgehead atoms. The molecule has 0 aliphatic carbocycles. The highest BCUT2D eigenvalue weighted by atomic mass is 16.5. The Bertz CT molecular complexity index is 511. The van der Waals surface area contributed by atoms with Gasteiger partial charge in [0.15, 0.2) is 0 Å². The van der Waals surface area contributed by atoms with E-state index in [9.17, 15) is 9.59 Å². The Morgan fingerprint density at radius 2 is 1.95 bits per heavy atom. The smallest absolute Gasteiger partial charge is 0.411 e. The SMILES string of the molecule is CCOC(=O)Nc1cccc(N2CCN(C(C)=O)CC2)c1. The largest absolute Gasteiger partial charge is 0.450 e. The van der Waals surface area contributed by atoms with Crippen molar-refractivity contribution < 1.29 is 14.3 Å². The van der Waals surface area contributed by atoms with Crippen molar-refractivity contribution in [1.29, 1.82) is 0 Å². The Kier molecular flexibility index (Phi) is 5.03. The summed E-state index contributed by atoms with van der Waals surface area (Å²) in [5.41, 5.74) is 1.74. The number of ether oxygens (including phenoxy) is 1. The molecule has 0 atom stereocenters. The first-order valence-electron chi connectivity index (χ1n) is 7.14. The predicted octanol–water partition coefficient (Wildman–Crippen LogP) is 1.92. The van der Waals surface area contributed by atoms with Gasteiger partial charge in [-0.1, -0.05) is 6.07 Å². The Morgan fingerprint density at radius 1 is 1.24 bits per heavy atom. The summed E-state index contributed by atoms with van der Waals surface area (Å²) in [6.07, 6.45) is -0.448. The van der Waals surface area contributed by atoms with Gasteiger partial charge in [-0.3, -0.25) is 10.1 Å². The highest BCUT2D eigenvalue weighted by molar-refractivity contribution is 5.85. The molecule has 6 heteroatoms. The summed E-state index contributed by atoms with van der Waals surface area (Å²) < 4.78 is 4.86. The second kappa shape index (κ2) is 6.97. The summed E-state index contributed by atoms with van der Waals surface area (Å²) in [5.74, 6) is 0.118. The number of rotatable bonds is 3. The maximum Gasteiger partial charge on any atom is 0.411 e. The molecule has 0 unspecified atom stereocenters. The van der Waals surface area contributed by atoms with Gasteiger partial charge >= 0.3 is 6.09 Å². The minimum Gasteiger partial charge on any atom is -0.450 e. The van der Waals surface area contributed by atoms with E-state index in [1.807, 2.05) is 29.2 Å². The molecule has 1 aromatic carbocycles. The Morgan fingerprint density at radius 3 is 2.57 bits per heavy atom. The summed E-state index contributed by atoms with van der Waals surface area (Å²) in [5, 5.41) is 2.70. The second-order valence-electron chi connectivity index (χ2n) is 4.89. The average Bonchev–Trinajstić information content (AvgIpc) is 2.48. The molecule has 21 heavy (non-hydrogen) atoms. The fourth-order valence-electron chi connectivity index (χ4n) is 2.34. The predicted molar refractivity (Wildman–Crippen MR) is 81.6 cm³/mol. The highest BCUT2D eigenvalue weighted by Crippen LogP contribution is 2.21. The molecule has 1 saturated heterocycles. The summed E-state index contributed by atoms with van der Waals surface area (Å²) >= 11 is 0. The Labute approximate surface area is 124 Å². The standard InChI is InChI=1S/C15H21N3O3/c1-3-21-15(20)16-13-5-4-6-14(11-13)18-9-7-17(8-10-18)12(2)19/h4-6,11H,3,7-10H2,1-2H3,(H,16,20). The fraction of sp³-hybridized carbons (Fsp3) is 0.467. The zero-order chi connectivity index (χ0) is 15.2. The van der Waals surface area contributed by atoms with Crippen LogP contribution in [0.5, 0.6) is 0 Å². The number of carbonyl (C=O) groups excluding carboxylic acids is 2. The van der Waals surface area contributed by atoms with Gasteiger partial charge in [-0.15, -0.1) is 0 Å². The van der Waals surface area contributed by atoms with Gasteiger partial charge in [0.05, 0.1) is 6.61 Å². The molecule has 1 fully saturated rings. The number of anilines is 2. The number of benzene rings is 1. The van der Waals surface area contributed by atoms with E-state index >= 15 is 0 Å². The van der Waals surface area contributed by atoms with Gasteiger partial charge in [-0.25, -0.2) is 4.79 Å². The zero-order valence-electron chi connectivity index (χ0n) is 12.5. The zero-order valence-corrected chi connectivity index (χ0v) is 12.5. The molecule has 1 heterocycles. The second-order valence-corrected chi connectivity index (χ2v) is 4.89. The minimum absolute atomic E-state index is 0.118. The number of nitrogens with one attached hydrogen (secondary N) is 1. The molecule has 1 N–H and O–H groups in total. The molecule has 1 aliphatic rings. The third-order valence-electron chi connectivity index (χ3n) is 3.46. The fourth-order valence-corrected chi connectivity index (χ4v) is 2.34. The lowest BCUT2D eigenvalue weighted by Gasteiger charge is -2.35. The van der Waals surface area contributed by atoms with Crippen LogP contribution in [0.3, 0.4) is 0 Å². The summed E-state index contributed by atoms with van der Waals surface area (Å²) in [6, 6.07) is 7.64. The van der Waals surface area contributed by atoms with Crippen molar-refractivity contribution in [2.75, 3.05) is 43.0 Å². The topological polar surface area (TPSA) is 61.9 Å². The normalized spacial score (nSPS) is 14.8. The number of piperazine rings is 1. The minimum atomic E-state index is -0.448. The summed E-state index contributed by atoms with van der Waals surface area (Å²) in [7, 11) is 0. The molecular weight excluding hydrogens is 270 g/mol. The van der Waals surface area contributed by atoms with Gasteiger partial charge in [0, 0.05) is 44.5 Å². The first-order valence-corrected chi connectivity index (χ1v) is 7.14. The highest BCUT2D eigenvalue weighted by Gasteiger charge is 2.18. The van der Waals surface area contributed by atoms with Crippen molar-refractivity contribution in [3.63, 3.8) is 0 Å². The summed E-state index contributed by atoms with van der Waals surface area (Å²) in [4.78, 5) is 26.8. The lowest BCUT2D eigenvalue weighted by Crippen LogP contribution is -2.48. The van der Waals surface area contributed by atoms with Crippen LogP contribution < -0.4 is 10.2 Å². The van der Waals surface area contributed by atoms with Crippen molar-refractivity contribution in [3.05, 3.63) is 24.3 Å². The van der Waals surface area contributed by atoms with Crippen LogP contribution in [0.1, 0.15) is 13.8 Å². The van der Waals surface area contributed by atoms with E-state index in [1.54, 1.807) is 13.8 Å². The molecule has 114 valence electrons. The van der Waals surface area contributed by atoms with Crippen LogP contribution in [-0.4, -0.2) is 49.7 Å². The number of carbonyl (C=O) groups is 2. The van der Waals surface area contributed by atoms with Gasteiger partial charge in [-0.2, -0.15) is 0 Å². The van der Waals surface area contributed by atoms with Crippen LogP contribution in [-0.2, 0) is 9.53 Å². The van der Waals surface area contributed by atoms with Crippen molar-refractivity contribution >= 4 is 23.4 Å². The third kappa shape index (κ3) is 4.11. The van der Waals surface area contributed by atoms with E-state index in [-0.39, 0.29) is 5.91 Å². The molecule has 0 radical (unpaired) electrons. The molecule has 0 saturated carbocycles. The van der Waals surface area contributed by atoms with E-state index in [4.69, 9.17) is 4.74 Å². The van der Waals surface area contributed by atoms with Crippen molar-refractivity contribution in [2.45, 2.75) is 13.8 Å². The molecule has 1 aromatic rings. The quantitative estimate of drug-likeness (QED) is 0.924. The lowest BCUT2D eigenvalue weighted by atomic mass is 10.2. The van der Waals surface area contributed by atoms with E-state index in [1.165, 1.54) is 0 Å². The van der Waals surface area contributed by atoms with E-state index in [2.05, 4.69) is 10.2 Å². The van der Waals surface area contributed by atoms with Gasteiger partial charge < -0.3 is 14.5 Å². The summed E-state index contributed by atoms with van der Waals surface area (Å²) in [6.45, 7) is 6.75. The van der Waals surface area contributed by atoms with Crippen molar-refractivity contribution in [1.82, 2.24) is 4.90 Å². The maximum absolute atomic E-state index is 11.4. The van der Waals surface area contributed by atoms with Crippen LogP contribution in [0.15, 0.2) is 24.3 Å². The van der Waals surface area contributed by atoms with Crippen LogP contribution in [0.25, 0.3) is 0 Å². The molecule has 0 aromatic heterocycles. The number of hydrogen-bond acceptors (Lipinski definition) is 4. The van der Waals surface area contributed by atoms with Crippen LogP contribution in [0.4, 0.5) is 16.2 Å². The average molecular weight is 291 g/mol. The molecule has 2 rings (SSSR count). The van der Waals surface area contributed by atoms with Gasteiger partial charge in [0.25, 0.3) is 0 Å². The van der Waals surface area contributed by atoms with Gasteiger partial charge in [-0.05, 0) is 25.1 Å².